The maximum absolute atomic E-state index is 13.9. The molecule has 0 radical (unpaired) electrons. The van der Waals surface area contributed by atoms with Crippen molar-refractivity contribution in [2.24, 2.45) is 0 Å². The number of hydrogen-bond acceptors (Lipinski definition) is 2. The van der Waals surface area contributed by atoms with Crippen LogP contribution in [0.5, 0.6) is 0 Å². The van der Waals surface area contributed by atoms with Gasteiger partial charge < -0.3 is 4.90 Å². The number of nitrogens with zero attached hydrogens (tertiary/aromatic N) is 2. The van der Waals surface area contributed by atoms with E-state index < -0.39 is 0 Å². The van der Waals surface area contributed by atoms with Gasteiger partial charge in [-0.2, -0.15) is 0 Å². The Labute approximate surface area is 146 Å². The lowest BCUT2D eigenvalue weighted by Crippen LogP contribution is -2.48. The minimum Gasteiger partial charge on any atom is -0.336 e. The normalized spacial score (nSPS) is 15.5. The van der Waals surface area contributed by atoms with E-state index in [1.54, 1.807) is 12.1 Å². The van der Waals surface area contributed by atoms with Crippen molar-refractivity contribution in [2.45, 2.75) is 13.5 Å². The van der Waals surface area contributed by atoms with Gasteiger partial charge in [0.25, 0.3) is 5.91 Å². The van der Waals surface area contributed by atoms with Gasteiger partial charge in [0, 0.05) is 48.9 Å². The lowest BCUT2D eigenvalue weighted by molar-refractivity contribution is 0.0627. The van der Waals surface area contributed by atoms with Gasteiger partial charge in [0.15, 0.2) is 0 Å². The highest BCUT2D eigenvalue weighted by molar-refractivity contribution is 6.31. The van der Waals surface area contributed by atoms with Gasteiger partial charge in [-0.1, -0.05) is 35.4 Å². The first-order valence-corrected chi connectivity index (χ1v) is 8.43. The van der Waals surface area contributed by atoms with Gasteiger partial charge in [-0.25, -0.2) is 4.39 Å². The summed E-state index contributed by atoms with van der Waals surface area (Å²) in [6.07, 6.45) is 0. The fourth-order valence-electron chi connectivity index (χ4n) is 2.89. The van der Waals surface area contributed by atoms with Crippen LogP contribution in [0.3, 0.4) is 0 Å². The Morgan fingerprint density at radius 1 is 1.08 bits per heavy atom. The van der Waals surface area contributed by atoms with E-state index in [0.717, 1.165) is 5.56 Å². The zero-order valence-corrected chi connectivity index (χ0v) is 14.4. The van der Waals surface area contributed by atoms with Crippen LogP contribution in [-0.2, 0) is 6.54 Å². The molecular weight excluding hydrogens is 327 g/mol. The van der Waals surface area contributed by atoms with Crippen LogP contribution in [0, 0.1) is 12.7 Å². The van der Waals surface area contributed by atoms with Crippen molar-refractivity contribution in [3.63, 3.8) is 0 Å². The number of halogens is 2. The molecule has 1 fully saturated rings. The fourth-order valence-corrected chi connectivity index (χ4v) is 3.12. The number of benzene rings is 2. The second kappa shape index (κ2) is 7.32. The predicted octanol–water partition coefficient (Wildman–Crippen LogP) is 3.75. The number of amides is 1. The van der Waals surface area contributed by atoms with Crippen molar-refractivity contribution < 1.29 is 9.18 Å². The Kier molecular flexibility index (Phi) is 5.17. The van der Waals surface area contributed by atoms with Crippen LogP contribution in [0.1, 0.15) is 21.5 Å². The molecular formula is C19H20ClFN2O. The molecule has 24 heavy (non-hydrogen) atoms. The van der Waals surface area contributed by atoms with Crippen molar-refractivity contribution in [3.05, 3.63) is 70.0 Å². The molecule has 0 aromatic heterocycles. The van der Waals surface area contributed by atoms with Gasteiger partial charge in [0.1, 0.15) is 5.82 Å². The van der Waals surface area contributed by atoms with E-state index in [-0.39, 0.29) is 11.7 Å². The summed E-state index contributed by atoms with van der Waals surface area (Å²) < 4.78 is 13.9. The summed E-state index contributed by atoms with van der Waals surface area (Å²) in [6.45, 7) is 5.17. The lowest BCUT2D eigenvalue weighted by Gasteiger charge is -2.35. The minimum atomic E-state index is -0.277. The third-order valence-electron chi connectivity index (χ3n) is 4.40. The summed E-state index contributed by atoms with van der Waals surface area (Å²) in [4.78, 5) is 16.5. The molecule has 1 heterocycles. The average molecular weight is 347 g/mol. The Hall–Kier alpha value is -1.91. The Bertz CT molecular complexity index is 704. The molecule has 2 aromatic rings. The molecule has 1 aliphatic rings. The van der Waals surface area contributed by atoms with Crippen molar-refractivity contribution in [3.8, 4) is 0 Å². The fraction of sp³-hybridized carbons (Fsp3) is 0.316. The first-order valence-electron chi connectivity index (χ1n) is 8.06. The van der Waals surface area contributed by atoms with Crippen LogP contribution in [0.4, 0.5) is 4.39 Å². The Balaban J connectivity index is 1.59. The van der Waals surface area contributed by atoms with Gasteiger partial charge >= 0.3 is 0 Å². The third kappa shape index (κ3) is 3.77. The van der Waals surface area contributed by atoms with Crippen LogP contribution in [0.15, 0.2) is 42.5 Å². The molecule has 1 amide bonds. The van der Waals surface area contributed by atoms with E-state index in [1.165, 1.54) is 6.07 Å². The number of aryl methyl sites for hydroxylation is 1. The summed E-state index contributed by atoms with van der Waals surface area (Å²) in [6, 6.07) is 12.4. The van der Waals surface area contributed by atoms with Crippen LogP contribution >= 0.6 is 11.6 Å². The zero-order valence-electron chi connectivity index (χ0n) is 13.6. The molecule has 3 rings (SSSR count). The molecule has 0 unspecified atom stereocenters. The number of carbonyl (C=O) groups is 1. The van der Waals surface area contributed by atoms with Gasteiger partial charge in [0.05, 0.1) is 0 Å². The molecule has 3 nitrogen and oxygen atoms in total. The Morgan fingerprint density at radius 2 is 1.75 bits per heavy atom. The third-order valence-corrected chi connectivity index (χ3v) is 4.76. The van der Waals surface area contributed by atoms with E-state index in [0.29, 0.717) is 48.9 Å². The highest BCUT2D eigenvalue weighted by Gasteiger charge is 2.23. The molecule has 0 aliphatic carbocycles. The zero-order chi connectivity index (χ0) is 17.1. The lowest BCUT2D eigenvalue weighted by atomic mass is 10.1. The molecule has 126 valence electrons. The molecule has 0 bridgehead atoms. The number of carbonyl (C=O) groups excluding carboxylic acids is 1. The quantitative estimate of drug-likeness (QED) is 0.845. The van der Waals surface area contributed by atoms with E-state index in [4.69, 9.17) is 11.6 Å². The molecule has 0 saturated carbocycles. The van der Waals surface area contributed by atoms with E-state index >= 15 is 0 Å². The summed E-state index contributed by atoms with van der Waals surface area (Å²) in [5.41, 5.74) is 2.38. The SMILES string of the molecule is Cc1ccc(C(=O)N2CCN(Cc3c(F)cccc3Cl)CC2)cc1. The second-order valence-electron chi connectivity index (χ2n) is 6.13. The maximum atomic E-state index is 13.9. The number of rotatable bonds is 3. The van der Waals surface area contributed by atoms with E-state index in [1.807, 2.05) is 36.1 Å². The van der Waals surface area contributed by atoms with Gasteiger partial charge in [-0.05, 0) is 31.2 Å². The molecule has 0 atom stereocenters. The highest BCUT2D eigenvalue weighted by Crippen LogP contribution is 2.21. The molecule has 5 heteroatoms. The Morgan fingerprint density at radius 3 is 2.38 bits per heavy atom. The predicted molar refractivity (Wildman–Crippen MR) is 93.8 cm³/mol. The molecule has 0 N–H and O–H groups in total. The van der Waals surface area contributed by atoms with Crippen molar-refractivity contribution in [1.29, 1.82) is 0 Å². The average Bonchev–Trinajstić information content (AvgIpc) is 2.59. The maximum Gasteiger partial charge on any atom is 0.253 e. The summed E-state index contributed by atoms with van der Waals surface area (Å²) in [5.74, 6) is -0.223. The summed E-state index contributed by atoms with van der Waals surface area (Å²) >= 11 is 6.09. The van der Waals surface area contributed by atoms with Gasteiger partial charge in [-0.15, -0.1) is 0 Å². The first kappa shape index (κ1) is 16.9. The first-order chi connectivity index (χ1) is 11.5. The van der Waals surface area contributed by atoms with Crippen molar-refractivity contribution in [1.82, 2.24) is 9.80 Å². The van der Waals surface area contributed by atoms with Crippen LogP contribution in [0.25, 0.3) is 0 Å². The van der Waals surface area contributed by atoms with E-state index in [2.05, 4.69) is 4.90 Å². The van der Waals surface area contributed by atoms with Crippen LogP contribution in [0.2, 0.25) is 5.02 Å². The van der Waals surface area contributed by atoms with Gasteiger partial charge in [0.2, 0.25) is 0 Å². The summed E-state index contributed by atoms with van der Waals surface area (Å²) in [5, 5.41) is 0.452. The molecule has 1 saturated heterocycles. The summed E-state index contributed by atoms with van der Waals surface area (Å²) in [7, 11) is 0. The van der Waals surface area contributed by atoms with Gasteiger partial charge in [-0.3, -0.25) is 9.69 Å². The number of piperazine rings is 1. The van der Waals surface area contributed by atoms with Crippen LogP contribution in [-0.4, -0.2) is 41.9 Å². The van der Waals surface area contributed by atoms with Crippen LogP contribution < -0.4 is 0 Å². The number of hydrogen-bond donors (Lipinski definition) is 0. The topological polar surface area (TPSA) is 23.6 Å². The smallest absolute Gasteiger partial charge is 0.253 e. The highest BCUT2D eigenvalue weighted by atomic mass is 35.5. The monoisotopic (exact) mass is 346 g/mol. The molecule has 2 aromatic carbocycles. The van der Waals surface area contributed by atoms with Crippen molar-refractivity contribution >= 4 is 17.5 Å². The largest absolute Gasteiger partial charge is 0.336 e. The van der Waals surface area contributed by atoms with E-state index in [9.17, 15) is 9.18 Å². The second-order valence-corrected chi connectivity index (χ2v) is 6.54. The standard InChI is InChI=1S/C19H20ClFN2O/c1-14-5-7-15(8-6-14)19(24)23-11-9-22(10-12-23)13-16-17(20)3-2-4-18(16)21/h2-8H,9-13H2,1H3. The minimum absolute atomic E-state index is 0.0542. The van der Waals surface area contributed by atoms with Crippen molar-refractivity contribution in [2.75, 3.05) is 26.2 Å². The molecule has 1 aliphatic heterocycles. The molecule has 0 spiro atoms.